The summed E-state index contributed by atoms with van der Waals surface area (Å²) in [4.78, 5) is 12.4. The van der Waals surface area contributed by atoms with Gasteiger partial charge in [-0.3, -0.25) is 9.48 Å². The van der Waals surface area contributed by atoms with Crippen molar-refractivity contribution in [2.75, 3.05) is 21.3 Å². The molecule has 2 rings (SSSR count). The van der Waals surface area contributed by atoms with E-state index in [2.05, 4.69) is 5.10 Å². The molecule has 24 heavy (non-hydrogen) atoms. The average Bonchev–Trinajstić information content (AvgIpc) is 2.99. The Hall–Kier alpha value is -2.76. The molecule has 0 unspecified atom stereocenters. The minimum Gasteiger partial charge on any atom is -0.493 e. The molecule has 0 fully saturated rings. The van der Waals surface area contributed by atoms with E-state index in [4.69, 9.17) is 14.2 Å². The monoisotopic (exact) mass is 330 g/mol. The molecule has 6 heteroatoms. The van der Waals surface area contributed by atoms with E-state index in [1.54, 1.807) is 44.4 Å². The smallest absolute Gasteiger partial charge is 0.203 e. The zero-order chi connectivity index (χ0) is 17.7. The van der Waals surface area contributed by atoms with Gasteiger partial charge in [0.2, 0.25) is 5.75 Å². The lowest BCUT2D eigenvalue weighted by Gasteiger charge is -2.13. The number of rotatable bonds is 7. The van der Waals surface area contributed by atoms with Crippen molar-refractivity contribution in [3.8, 4) is 17.2 Å². The van der Waals surface area contributed by atoms with Crippen molar-refractivity contribution in [2.45, 2.75) is 20.4 Å². The first-order chi connectivity index (χ1) is 11.6. The summed E-state index contributed by atoms with van der Waals surface area (Å²) in [6.07, 6.45) is 4.80. The summed E-state index contributed by atoms with van der Waals surface area (Å²) in [5, 5.41) is 4.19. The lowest BCUT2D eigenvalue weighted by atomic mass is 10.1. The molecule has 0 radical (unpaired) electrons. The van der Waals surface area contributed by atoms with Crippen LogP contribution in [0.25, 0.3) is 6.08 Å². The number of methoxy groups -OCH3 is 3. The lowest BCUT2D eigenvalue weighted by Crippen LogP contribution is -2.02. The molecular formula is C18H22N2O4. The molecule has 6 nitrogen and oxygen atoms in total. The summed E-state index contributed by atoms with van der Waals surface area (Å²) in [6, 6.07) is 3.58. The Bertz CT molecular complexity index is 763. The first kappa shape index (κ1) is 17.6. The molecule has 2 aromatic rings. The van der Waals surface area contributed by atoms with Crippen LogP contribution < -0.4 is 14.2 Å². The van der Waals surface area contributed by atoms with Crippen molar-refractivity contribution in [1.29, 1.82) is 0 Å². The van der Waals surface area contributed by atoms with Crippen LogP contribution in [-0.2, 0) is 6.54 Å². The van der Waals surface area contributed by atoms with Crippen molar-refractivity contribution in [2.24, 2.45) is 0 Å². The second-order valence-electron chi connectivity index (χ2n) is 5.08. The van der Waals surface area contributed by atoms with Gasteiger partial charge in [-0.25, -0.2) is 0 Å². The molecule has 0 aliphatic heterocycles. The quantitative estimate of drug-likeness (QED) is 0.576. The van der Waals surface area contributed by atoms with E-state index in [9.17, 15) is 4.79 Å². The van der Waals surface area contributed by atoms with Crippen LogP contribution in [0.5, 0.6) is 17.2 Å². The van der Waals surface area contributed by atoms with Crippen molar-refractivity contribution in [3.05, 3.63) is 41.2 Å². The fourth-order valence-electron chi connectivity index (χ4n) is 2.52. The number of nitrogens with zero attached hydrogens (tertiary/aromatic N) is 2. The maximum atomic E-state index is 12.4. The number of benzene rings is 1. The van der Waals surface area contributed by atoms with Crippen LogP contribution in [0.3, 0.4) is 0 Å². The fourth-order valence-corrected chi connectivity index (χ4v) is 2.52. The molecule has 0 atom stereocenters. The molecule has 0 amide bonds. The van der Waals surface area contributed by atoms with Gasteiger partial charge in [0, 0.05) is 17.8 Å². The standard InChI is InChI=1S/C18H22N2O4/c1-6-20-12(2)14(11-19-20)15(21)9-7-13-8-10-16(22-3)18(24-5)17(13)23-4/h7-11H,6H2,1-5H3/b9-7+. The van der Waals surface area contributed by atoms with Gasteiger partial charge in [0.25, 0.3) is 0 Å². The van der Waals surface area contributed by atoms with Gasteiger partial charge in [-0.15, -0.1) is 0 Å². The third-order valence-corrected chi connectivity index (χ3v) is 3.82. The van der Waals surface area contributed by atoms with Gasteiger partial charge in [0.05, 0.1) is 33.1 Å². The minimum atomic E-state index is -0.107. The molecule has 1 heterocycles. The van der Waals surface area contributed by atoms with Gasteiger partial charge >= 0.3 is 0 Å². The molecule has 1 aromatic heterocycles. The highest BCUT2D eigenvalue weighted by molar-refractivity contribution is 6.07. The number of aryl methyl sites for hydroxylation is 1. The number of ketones is 1. The van der Waals surface area contributed by atoms with Crippen LogP contribution in [0.4, 0.5) is 0 Å². The number of ether oxygens (including phenoxy) is 3. The Morgan fingerprint density at radius 1 is 1.17 bits per heavy atom. The summed E-state index contributed by atoms with van der Waals surface area (Å²) in [5.74, 6) is 1.47. The topological polar surface area (TPSA) is 62.6 Å². The normalized spacial score (nSPS) is 10.9. The minimum absolute atomic E-state index is 0.107. The highest BCUT2D eigenvalue weighted by Crippen LogP contribution is 2.40. The van der Waals surface area contributed by atoms with Gasteiger partial charge in [-0.2, -0.15) is 5.10 Å². The van der Waals surface area contributed by atoms with Crippen LogP contribution in [0.2, 0.25) is 0 Å². The molecule has 0 aliphatic carbocycles. The first-order valence-electron chi connectivity index (χ1n) is 7.61. The Morgan fingerprint density at radius 2 is 1.88 bits per heavy atom. The first-order valence-corrected chi connectivity index (χ1v) is 7.61. The molecule has 0 spiro atoms. The van der Waals surface area contributed by atoms with E-state index in [0.29, 0.717) is 22.8 Å². The van der Waals surface area contributed by atoms with E-state index in [0.717, 1.165) is 17.8 Å². The molecule has 0 N–H and O–H groups in total. The summed E-state index contributed by atoms with van der Waals surface area (Å²) in [7, 11) is 4.65. The number of carbonyl (C=O) groups excluding carboxylic acids is 1. The van der Waals surface area contributed by atoms with Crippen molar-refractivity contribution >= 4 is 11.9 Å². The molecule has 1 aromatic carbocycles. The van der Waals surface area contributed by atoms with E-state index in [-0.39, 0.29) is 5.78 Å². The SMILES string of the molecule is CCn1ncc(C(=O)/C=C/c2ccc(OC)c(OC)c2OC)c1C. The van der Waals surface area contributed by atoms with Gasteiger partial charge in [0.1, 0.15) is 0 Å². The van der Waals surface area contributed by atoms with Crippen molar-refractivity contribution in [3.63, 3.8) is 0 Å². The van der Waals surface area contributed by atoms with Crippen LogP contribution in [0.15, 0.2) is 24.4 Å². The van der Waals surface area contributed by atoms with Crippen LogP contribution in [-0.4, -0.2) is 36.9 Å². The summed E-state index contributed by atoms with van der Waals surface area (Å²) in [5.41, 5.74) is 2.17. The zero-order valence-corrected chi connectivity index (χ0v) is 14.6. The molecule has 0 aliphatic rings. The van der Waals surface area contributed by atoms with E-state index in [1.807, 2.05) is 19.9 Å². The number of allylic oxidation sites excluding steroid dienone is 1. The fraction of sp³-hybridized carbons (Fsp3) is 0.333. The van der Waals surface area contributed by atoms with Gasteiger partial charge in [0.15, 0.2) is 17.3 Å². The Labute approximate surface area is 141 Å². The molecule has 0 saturated carbocycles. The number of hydrogen-bond donors (Lipinski definition) is 0. The lowest BCUT2D eigenvalue weighted by molar-refractivity contribution is 0.104. The maximum Gasteiger partial charge on any atom is 0.203 e. The van der Waals surface area contributed by atoms with Gasteiger partial charge in [-0.1, -0.05) is 0 Å². The van der Waals surface area contributed by atoms with Crippen molar-refractivity contribution in [1.82, 2.24) is 9.78 Å². The second-order valence-corrected chi connectivity index (χ2v) is 5.08. The molecule has 0 bridgehead atoms. The highest BCUT2D eigenvalue weighted by atomic mass is 16.5. The Balaban J connectivity index is 2.34. The van der Waals surface area contributed by atoms with E-state index in [1.165, 1.54) is 6.08 Å². The predicted molar refractivity (Wildman–Crippen MR) is 92.1 cm³/mol. The molecule has 0 saturated heterocycles. The number of hydrogen-bond acceptors (Lipinski definition) is 5. The predicted octanol–water partition coefficient (Wildman–Crippen LogP) is 3.13. The van der Waals surface area contributed by atoms with Crippen LogP contribution in [0.1, 0.15) is 28.5 Å². The maximum absolute atomic E-state index is 12.4. The molecular weight excluding hydrogens is 308 g/mol. The second kappa shape index (κ2) is 7.68. The number of aromatic nitrogens is 2. The zero-order valence-electron chi connectivity index (χ0n) is 14.6. The Morgan fingerprint density at radius 3 is 2.42 bits per heavy atom. The summed E-state index contributed by atoms with van der Waals surface area (Å²) in [6.45, 7) is 4.60. The highest BCUT2D eigenvalue weighted by Gasteiger charge is 2.15. The Kier molecular flexibility index (Phi) is 5.63. The van der Waals surface area contributed by atoms with E-state index < -0.39 is 0 Å². The third kappa shape index (κ3) is 3.27. The number of carbonyl (C=O) groups is 1. The van der Waals surface area contributed by atoms with Gasteiger partial charge in [-0.05, 0) is 38.1 Å². The third-order valence-electron chi connectivity index (χ3n) is 3.82. The van der Waals surface area contributed by atoms with Crippen LogP contribution >= 0.6 is 0 Å². The summed E-state index contributed by atoms with van der Waals surface area (Å²) >= 11 is 0. The largest absolute Gasteiger partial charge is 0.493 e. The van der Waals surface area contributed by atoms with Crippen molar-refractivity contribution < 1.29 is 19.0 Å². The average molecular weight is 330 g/mol. The molecule has 128 valence electrons. The summed E-state index contributed by atoms with van der Waals surface area (Å²) < 4.78 is 17.8. The van der Waals surface area contributed by atoms with Gasteiger partial charge < -0.3 is 14.2 Å². The van der Waals surface area contributed by atoms with E-state index >= 15 is 0 Å². The van der Waals surface area contributed by atoms with Crippen LogP contribution in [0, 0.1) is 6.92 Å².